The van der Waals surface area contributed by atoms with Gasteiger partial charge in [0, 0.05) is 25.3 Å². The molecule has 0 unspecified atom stereocenters. The minimum atomic E-state index is -0.573. The van der Waals surface area contributed by atoms with Crippen molar-refractivity contribution in [2.24, 2.45) is 0 Å². The first-order valence-electron chi connectivity index (χ1n) is 12.8. The topological polar surface area (TPSA) is 49.4 Å². The number of carbonyl (C=O) groups is 2. The van der Waals surface area contributed by atoms with Gasteiger partial charge in [-0.1, -0.05) is 97.8 Å². The average Bonchev–Trinajstić information content (AvgIpc) is 2.88. The van der Waals surface area contributed by atoms with E-state index < -0.39 is 6.04 Å². The van der Waals surface area contributed by atoms with Crippen LogP contribution < -0.4 is 5.32 Å². The maximum absolute atomic E-state index is 13.7. The van der Waals surface area contributed by atoms with Gasteiger partial charge in [0.15, 0.2) is 0 Å². The Morgan fingerprint density at radius 1 is 0.917 bits per heavy atom. The summed E-state index contributed by atoms with van der Waals surface area (Å²) in [6, 6.07) is 25.8. The Kier molecular flexibility index (Phi) is 11.1. The van der Waals surface area contributed by atoms with Crippen molar-refractivity contribution >= 4 is 23.6 Å². The van der Waals surface area contributed by atoms with Crippen molar-refractivity contribution in [3.05, 3.63) is 107 Å². The molecule has 0 saturated carbocycles. The van der Waals surface area contributed by atoms with Crippen LogP contribution in [0.2, 0.25) is 0 Å². The Hall–Kier alpha value is -3.05. The van der Waals surface area contributed by atoms with E-state index in [-0.39, 0.29) is 11.8 Å². The Bertz CT molecular complexity index is 1120. The Labute approximate surface area is 220 Å². The number of hydrogen-bond acceptors (Lipinski definition) is 3. The lowest BCUT2D eigenvalue weighted by Crippen LogP contribution is -2.51. The normalized spacial score (nSPS) is 11.6. The van der Waals surface area contributed by atoms with Gasteiger partial charge < -0.3 is 10.2 Å². The van der Waals surface area contributed by atoms with Gasteiger partial charge in [-0.05, 0) is 42.5 Å². The second-order valence-electron chi connectivity index (χ2n) is 9.28. The van der Waals surface area contributed by atoms with E-state index in [4.69, 9.17) is 0 Å². The van der Waals surface area contributed by atoms with Gasteiger partial charge in [-0.2, -0.15) is 0 Å². The van der Waals surface area contributed by atoms with Crippen molar-refractivity contribution in [3.63, 3.8) is 0 Å². The third-order valence-electron chi connectivity index (χ3n) is 6.28. The molecule has 1 N–H and O–H groups in total. The zero-order valence-corrected chi connectivity index (χ0v) is 22.5. The van der Waals surface area contributed by atoms with Gasteiger partial charge in [-0.25, -0.2) is 0 Å². The summed E-state index contributed by atoms with van der Waals surface area (Å²) in [5.41, 5.74) is 5.68. The van der Waals surface area contributed by atoms with Crippen LogP contribution in [0.5, 0.6) is 0 Å². The monoisotopic (exact) mass is 502 g/mol. The molecule has 0 spiro atoms. The number of nitrogens with zero attached hydrogens (tertiary/aromatic N) is 1. The van der Waals surface area contributed by atoms with Crippen LogP contribution in [0.3, 0.4) is 0 Å². The van der Waals surface area contributed by atoms with Gasteiger partial charge in [0.2, 0.25) is 11.8 Å². The molecule has 0 bridgehead atoms. The Balaban J connectivity index is 1.84. The van der Waals surface area contributed by atoms with Crippen LogP contribution >= 0.6 is 11.8 Å². The molecule has 0 aliphatic rings. The molecule has 0 heterocycles. The van der Waals surface area contributed by atoms with Gasteiger partial charge >= 0.3 is 0 Å². The largest absolute Gasteiger partial charge is 0.354 e. The van der Waals surface area contributed by atoms with Crippen molar-refractivity contribution < 1.29 is 9.59 Å². The van der Waals surface area contributed by atoms with Gasteiger partial charge in [-0.3, -0.25) is 9.59 Å². The molecule has 4 nitrogen and oxygen atoms in total. The fourth-order valence-corrected chi connectivity index (χ4v) is 5.16. The smallest absolute Gasteiger partial charge is 0.243 e. The van der Waals surface area contributed by atoms with Crippen LogP contribution in [0.15, 0.2) is 78.9 Å². The van der Waals surface area contributed by atoms with E-state index in [0.717, 1.165) is 35.3 Å². The molecule has 0 aromatic heterocycles. The molecule has 0 fully saturated rings. The van der Waals surface area contributed by atoms with E-state index in [0.29, 0.717) is 25.3 Å². The zero-order valence-electron chi connectivity index (χ0n) is 21.7. The fourth-order valence-electron chi connectivity index (χ4n) is 4.17. The number of amides is 2. The standard InChI is InChI=1S/C31H38N2O2S/c1-4-5-18-32-31(35)29(20-26-14-7-6-8-15-26)33(21-27-16-11-12-24(2)19-27)30(34)23-36-22-28-17-10-9-13-25(28)3/h6-17,19,29H,4-5,18,20-23H2,1-3H3,(H,32,35)/t29-/m1/s1. The number of nitrogens with one attached hydrogen (secondary N) is 1. The number of rotatable bonds is 13. The average molecular weight is 503 g/mol. The molecule has 1 atom stereocenters. The van der Waals surface area contributed by atoms with Gasteiger partial charge in [0.1, 0.15) is 6.04 Å². The molecule has 3 aromatic rings. The predicted octanol–water partition coefficient (Wildman–Crippen LogP) is 6.09. The number of aryl methyl sites for hydroxylation is 2. The van der Waals surface area contributed by atoms with E-state index in [2.05, 4.69) is 37.4 Å². The molecule has 36 heavy (non-hydrogen) atoms. The lowest BCUT2D eigenvalue weighted by atomic mass is 10.0. The fraction of sp³-hybridized carbons (Fsp3) is 0.355. The first kappa shape index (κ1) is 27.5. The molecule has 0 radical (unpaired) electrons. The van der Waals surface area contributed by atoms with E-state index >= 15 is 0 Å². The van der Waals surface area contributed by atoms with Crippen LogP contribution in [-0.2, 0) is 28.3 Å². The van der Waals surface area contributed by atoms with Crippen LogP contribution in [0.1, 0.15) is 47.6 Å². The van der Waals surface area contributed by atoms with Crippen LogP contribution in [-0.4, -0.2) is 35.1 Å². The molecule has 190 valence electrons. The first-order valence-corrected chi connectivity index (χ1v) is 13.9. The zero-order chi connectivity index (χ0) is 25.8. The highest BCUT2D eigenvalue weighted by Crippen LogP contribution is 2.20. The summed E-state index contributed by atoms with van der Waals surface area (Å²) in [4.78, 5) is 28.9. The van der Waals surface area contributed by atoms with Crippen LogP contribution in [0.4, 0.5) is 0 Å². The van der Waals surface area contributed by atoms with E-state index in [1.807, 2.05) is 67.6 Å². The highest BCUT2D eigenvalue weighted by atomic mass is 32.2. The summed E-state index contributed by atoms with van der Waals surface area (Å²) in [5.74, 6) is 0.995. The molecule has 5 heteroatoms. The molecule has 3 aromatic carbocycles. The highest BCUT2D eigenvalue weighted by Gasteiger charge is 2.30. The van der Waals surface area contributed by atoms with Crippen molar-refractivity contribution in [2.45, 2.75) is 58.4 Å². The van der Waals surface area contributed by atoms with Gasteiger partial charge in [-0.15, -0.1) is 11.8 Å². The van der Waals surface area contributed by atoms with Crippen LogP contribution in [0, 0.1) is 13.8 Å². The lowest BCUT2D eigenvalue weighted by molar-refractivity contribution is -0.139. The molecule has 0 aliphatic carbocycles. The summed E-state index contributed by atoms with van der Waals surface area (Å²) in [6.45, 7) is 7.27. The second-order valence-corrected chi connectivity index (χ2v) is 10.3. The molecule has 0 aliphatic heterocycles. The molecule has 0 saturated heterocycles. The quantitative estimate of drug-likeness (QED) is 0.288. The second kappa shape index (κ2) is 14.5. The SMILES string of the molecule is CCCCNC(=O)[C@@H](Cc1ccccc1)N(Cc1cccc(C)c1)C(=O)CSCc1ccccc1C. The Morgan fingerprint density at radius 3 is 2.36 bits per heavy atom. The number of unbranched alkanes of at least 4 members (excludes halogenated alkanes) is 1. The van der Waals surface area contributed by atoms with Crippen LogP contribution in [0.25, 0.3) is 0 Å². The maximum Gasteiger partial charge on any atom is 0.243 e. The van der Waals surface area contributed by atoms with Crippen molar-refractivity contribution in [3.8, 4) is 0 Å². The molecule has 2 amide bonds. The molecule has 3 rings (SSSR count). The third-order valence-corrected chi connectivity index (χ3v) is 7.25. The van der Waals surface area contributed by atoms with Crippen molar-refractivity contribution in [1.29, 1.82) is 0 Å². The number of benzene rings is 3. The van der Waals surface area contributed by atoms with Crippen molar-refractivity contribution in [2.75, 3.05) is 12.3 Å². The number of hydrogen-bond donors (Lipinski definition) is 1. The van der Waals surface area contributed by atoms with E-state index in [1.54, 1.807) is 16.7 Å². The third kappa shape index (κ3) is 8.56. The Morgan fingerprint density at radius 2 is 1.64 bits per heavy atom. The molecular weight excluding hydrogens is 464 g/mol. The number of carbonyl (C=O) groups excluding carboxylic acids is 2. The van der Waals surface area contributed by atoms with E-state index in [1.165, 1.54) is 11.1 Å². The first-order chi connectivity index (χ1) is 17.5. The van der Waals surface area contributed by atoms with Gasteiger partial charge in [0.25, 0.3) is 0 Å². The van der Waals surface area contributed by atoms with Gasteiger partial charge in [0.05, 0.1) is 5.75 Å². The summed E-state index contributed by atoms with van der Waals surface area (Å²) >= 11 is 1.60. The predicted molar refractivity (Wildman–Crippen MR) is 151 cm³/mol. The van der Waals surface area contributed by atoms with Crippen molar-refractivity contribution in [1.82, 2.24) is 10.2 Å². The minimum Gasteiger partial charge on any atom is -0.354 e. The summed E-state index contributed by atoms with van der Waals surface area (Å²) in [6.07, 6.45) is 2.41. The summed E-state index contributed by atoms with van der Waals surface area (Å²) in [7, 11) is 0. The molecular formula is C31H38N2O2S. The summed E-state index contributed by atoms with van der Waals surface area (Å²) < 4.78 is 0. The summed E-state index contributed by atoms with van der Waals surface area (Å²) in [5, 5.41) is 3.09. The number of thioether (sulfide) groups is 1. The maximum atomic E-state index is 13.7. The lowest BCUT2D eigenvalue weighted by Gasteiger charge is -2.31. The minimum absolute atomic E-state index is 0.0123. The highest BCUT2D eigenvalue weighted by molar-refractivity contribution is 7.99. The van der Waals surface area contributed by atoms with E-state index in [9.17, 15) is 9.59 Å².